The minimum atomic E-state index is -0.167. The molecule has 0 heterocycles. The number of benzene rings is 1. The summed E-state index contributed by atoms with van der Waals surface area (Å²) in [7, 11) is 0. The zero-order valence-corrected chi connectivity index (χ0v) is 11.1. The topological polar surface area (TPSA) is 56.0 Å². The first-order chi connectivity index (χ1) is 8.20. The van der Waals surface area contributed by atoms with Gasteiger partial charge in [0.25, 0.3) is 0 Å². The Bertz CT molecular complexity index is 442. The summed E-state index contributed by atoms with van der Waals surface area (Å²) in [5.41, 5.74) is 1.62. The van der Waals surface area contributed by atoms with E-state index < -0.39 is 0 Å². The van der Waals surface area contributed by atoms with E-state index in [1.807, 2.05) is 6.07 Å². The highest BCUT2D eigenvalue weighted by Crippen LogP contribution is 2.28. The minimum Gasteiger partial charge on any atom is -0.393 e. The second-order valence-electron chi connectivity index (χ2n) is 4.45. The minimum absolute atomic E-state index is 0.167. The second-order valence-corrected chi connectivity index (χ2v) is 5.30. The lowest BCUT2D eigenvalue weighted by atomic mass is 10.1. The quantitative estimate of drug-likeness (QED) is 0.901. The third kappa shape index (κ3) is 2.99. The molecule has 0 amide bonds. The molecule has 2 N–H and O–H groups in total. The van der Waals surface area contributed by atoms with Crippen LogP contribution < -0.4 is 5.32 Å². The zero-order chi connectivity index (χ0) is 12.3. The van der Waals surface area contributed by atoms with E-state index in [-0.39, 0.29) is 6.10 Å². The van der Waals surface area contributed by atoms with Crippen LogP contribution in [0.5, 0.6) is 0 Å². The van der Waals surface area contributed by atoms with Gasteiger partial charge in [-0.2, -0.15) is 5.26 Å². The Morgan fingerprint density at radius 2 is 2.29 bits per heavy atom. The van der Waals surface area contributed by atoms with E-state index in [2.05, 4.69) is 27.3 Å². The van der Waals surface area contributed by atoms with Crippen molar-refractivity contribution in [2.75, 3.05) is 11.9 Å². The van der Waals surface area contributed by atoms with Gasteiger partial charge in [-0.05, 0) is 47.0 Å². The van der Waals surface area contributed by atoms with Crippen molar-refractivity contribution in [3.63, 3.8) is 0 Å². The van der Waals surface area contributed by atoms with Gasteiger partial charge in [0.1, 0.15) is 0 Å². The highest BCUT2D eigenvalue weighted by Gasteiger charge is 2.24. The molecule has 3 nitrogen and oxygen atoms in total. The van der Waals surface area contributed by atoms with E-state index in [1.165, 1.54) is 0 Å². The molecule has 0 aliphatic heterocycles. The first kappa shape index (κ1) is 12.4. The van der Waals surface area contributed by atoms with Gasteiger partial charge in [-0.25, -0.2) is 0 Å². The van der Waals surface area contributed by atoms with Crippen LogP contribution in [0.15, 0.2) is 22.7 Å². The molecular formula is C13H15BrN2O. The van der Waals surface area contributed by atoms with E-state index in [9.17, 15) is 5.11 Å². The van der Waals surface area contributed by atoms with E-state index in [4.69, 9.17) is 5.26 Å². The molecule has 1 fully saturated rings. The van der Waals surface area contributed by atoms with Gasteiger partial charge < -0.3 is 10.4 Å². The largest absolute Gasteiger partial charge is 0.393 e. The first-order valence-electron chi connectivity index (χ1n) is 5.82. The summed E-state index contributed by atoms with van der Waals surface area (Å²) in [6.45, 7) is 0.783. The van der Waals surface area contributed by atoms with Crippen LogP contribution in [0, 0.1) is 17.2 Å². The van der Waals surface area contributed by atoms with Gasteiger partial charge in [0.2, 0.25) is 0 Å². The monoisotopic (exact) mass is 294 g/mol. The molecule has 2 atom stereocenters. The molecule has 2 unspecified atom stereocenters. The second kappa shape index (κ2) is 5.52. The van der Waals surface area contributed by atoms with Crippen LogP contribution in [0.25, 0.3) is 0 Å². The fraction of sp³-hybridized carbons (Fsp3) is 0.462. The van der Waals surface area contributed by atoms with Crippen molar-refractivity contribution >= 4 is 21.6 Å². The van der Waals surface area contributed by atoms with Crippen molar-refractivity contribution in [2.24, 2.45) is 5.92 Å². The number of rotatable bonds is 3. The normalized spacial score (nSPS) is 23.4. The van der Waals surface area contributed by atoms with Gasteiger partial charge in [-0.3, -0.25) is 0 Å². The molecule has 2 rings (SSSR count). The fourth-order valence-electron chi connectivity index (χ4n) is 2.22. The number of nitrogens with one attached hydrogen (secondary N) is 1. The van der Waals surface area contributed by atoms with Crippen LogP contribution >= 0.6 is 15.9 Å². The predicted molar refractivity (Wildman–Crippen MR) is 70.7 cm³/mol. The van der Waals surface area contributed by atoms with E-state index in [0.717, 1.165) is 36.0 Å². The molecule has 1 saturated carbocycles. The summed E-state index contributed by atoms with van der Waals surface area (Å²) in [5, 5.41) is 21.8. The Morgan fingerprint density at radius 3 is 2.88 bits per heavy atom. The Balaban J connectivity index is 1.97. The molecule has 1 aromatic rings. The first-order valence-corrected chi connectivity index (χ1v) is 6.61. The summed E-state index contributed by atoms with van der Waals surface area (Å²) in [4.78, 5) is 0. The molecule has 1 aliphatic rings. The van der Waals surface area contributed by atoms with Crippen LogP contribution in [0.2, 0.25) is 0 Å². The van der Waals surface area contributed by atoms with Gasteiger partial charge in [0.15, 0.2) is 0 Å². The smallest absolute Gasteiger partial charge is 0.0992 e. The van der Waals surface area contributed by atoms with Crippen molar-refractivity contribution < 1.29 is 5.11 Å². The maximum absolute atomic E-state index is 9.72. The number of nitriles is 1. The van der Waals surface area contributed by atoms with Crippen molar-refractivity contribution in [3.05, 3.63) is 28.2 Å². The van der Waals surface area contributed by atoms with Crippen molar-refractivity contribution in [3.8, 4) is 6.07 Å². The number of aliphatic hydroxyl groups is 1. The molecule has 90 valence electrons. The highest BCUT2D eigenvalue weighted by atomic mass is 79.9. The lowest BCUT2D eigenvalue weighted by molar-refractivity contribution is 0.138. The Morgan fingerprint density at radius 1 is 1.47 bits per heavy atom. The summed E-state index contributed by atoms with van der Waals surface area (Å²) < 4.78 is 0.893. The van der Waals surface area contributed by atoms with E-state index in [1.54, 1.807) is 12.1 Å². The molecule has 0 aromatic heterocycles. The highest BCUT2D eigenvalue weighted by molar-refractivity contribution is 9.10. The Kier molecular flexibility index (Phi) is 4.03. The Hall–Kier alpha value is -1.05. The summed E-state index contributed by atoms with van der Waals surface area (Å²) >= 11 is 3.44. The van der Waals surface area contributed by atoms with Crippen LogP contribution in [0.1, 0.15) is 24.8 Å². The van der Waals surface area contributed by atoms with Crippen LogP contribution in [-0.2, 0) is 0 Å². The van der Waals surface area contributed by atoms with Crippen molar-refractivity contribution in [2.45, 2.75) is 25.4 Å². The molecule has 17 heavy (non-hydrogen) atoms. The van der Waals surface area contributed by atoms with Crippen LogP contribution in [-0.4, -0.2) is 17.8 Å². The lowest BCUT2D eigenvalue weighted by Crippen LogP contribution is -2.22. The molecule has 0 spiro atoms. The number of nitrogens with zero attached hydrogens (tertiary/aromatic N) is 1. The van der Waals surface area contributed by atoms with E-state index >= 15 is 0 Å². The fourth-order valence-corrected chi connectivity index (χ4v) is 2.74. The number of hydrogen-bond donors (Lipinski definition) is 2. The average Bonchev–Trinajstić information content (AvgIpc) is 2.73. The van der Waals surface area contributed by atoms with Gasteiger partial charge in [-0.1, -0.05) is 6.42 Å². The summed E-state index contributed by atoms with van der Waals surface area (Å²) in [6, 6.07) is 7.58. The average molecular weight is 295 g/mol. The summed E-state index contributed by atoms with van der Waals surface area (Å²) in [5.74, 6) is 0.345. The number of halogens is 1. The third-order valence-corrected chi connectivity index (χ3v) is 3.93. The molecule has 1 aromatic carbocycles. The molecular weight excluding hydrogens is 280 g/mol. The zero-order valence-electron chi connectivity index (χ0n) is 9.49. The van der Waals surface area contributed by atoms with Crippen LogP contribution in [0.4, 0.5) is 5.69 Å². The Labute approximate surface area is 110 Å². The van der Waals surface area contributed by atoms with Crippen molar-refractivity contribution in [1.29, 1.82) is 5.26 Å². The SMILES string of the molecule is N#Cc1ccc(NCC2CCCC2O)c(Br)c1. The summed E-state index contributed by atoms with van der Waals surface area (Å²) in [6.07, 6.45) is 2.95. The maximum Gasteiger partial charge on any atom is 0.0992 e. The molecule has 0 saturated heterocycles. The maximum atomic E-state index is 9.72. The molecule has 1 aliphatic carbocycles. The number of anilines is 1. The molecule has 0 bridgehead atoms. The van der Waals surface area contributed by atoms with Crippen molar-refractivity contribution in [1.82, 2.24) is 0 Å². The van der Waals surface area contributed by atoms with Gasteiger partial charge >= 0.3 is 0 Å². The van der Waals surface area contributed by atoms with Gasteiger partial charge in [-0.15, -0.1) is 0 Å². The van der Waals surface area contributed by atoms with E-state index in [0.29, 0.717) is 11.5 Å². The third-order valence-electron chi connectivity index (χ3n) is 3.27. The lowest BCUT2D eigenvalue weighted by Gasteiger charge is -2.16. The predicted octanol–water partition coefficient (Wildman–Crippen LogP) is 2.89. The standard InChI is InChI=1S/C13H15BrN2O/c14-11-6-9(7-15)4-5-12(11)16-8-10-2-1-3-13(10)17/h4-6,10,13,16-17H,1-3,8H2. The number of aliphatic hydroxyl groups excluding tert-OH is 1. The molecule has 0 radical (unpaired) electrons. The van der Waals surface area contributed by atoms with Crippen LogP contribution in [0.3, 0.4) is 0 Å². The number of hydrogen-bond acceptors (Lipinski definition) is 3. The van der Waals surface area contributed by atoms with Gasteiger partial charge in [0.05, 0.1) is 17.7 Å². The van der Waals surface area contributed by atoms with Gasteiger partial charge in [0, 0.05) is 22.6 Å². The molecule has 4 heteroatoms.